The van der Waals surface area contributed by atoms with Gasteiger partial charge in [-0.15, -0.1) is 0 Å². The molecule has 0 saturated carbocycles. The van der Waals surface area contributed by atoms with Crippen molar-refractivity contribution in [3.05, 3.63) is 47.5 Å². The van der Waals surface area contributed by atoms with Crippen LogP contribution in [-0.2, 0) is 11.2 Å². The first-order valence-electron chi connectivity index (χ1n) is 7.67. The molecule has 112 valence electrons. The molecule has 1 N–H and O–H groups in total. The van der Waals surface area contributed by atoms with E-state index >= 15 is 0 Å². The molecule has 1 aromatic rings. The highest BCUT2D eigenvalue weighted by Crippen LogP contribution is 2.14. The molecule has 0 spiro atoms. The molecule has 0 aliphatic heterocycles. The number of unbranched alkanes of at least 4 members (excludes halogenated alkanes) is 1. The van der Waals surface area contributed by atoms with Crippen LogP contribution in [0.4, 0.5) is 0 Å². The van der Waals surface area contributed by atoms with Crippen LogP contribution in [0.3, 0.4) is 0 Å². The summed E-state index contributed by atoms with van der Waals surface area (Å²) in [6, 6.07) is 9.33. The summed E-state index contributed by atoms with van der Waals surface area (Å²) in [5, 5.41) is 3.48. The van der Waals surface area contributed by atoms with Crippen molar-refractivity contribution in [1.29, 1.82) is 0 Å². The standard InChI is InChI=1S/C18H29NO/c1-5-6-7-17-8-10-18(11-9-17)16(4)19-12-13-20-14-15(2)3/h8-11,16,19H,2,5-7,12-14H2,1,3-4H3. The van der Waals surface area contributed by atoms with Gasteiger partial charge >= 0.3 is 0 Å². The van der Waals surface area contributed by atoms with Crippen LogP contribution < -0.4 is 5.32 Å². The van der Waals surface area contributed by atoms with E-state index in [0.717, 1.165) is 18.7 Å². The molecule has 0 saturated heterocycles. The van der Waals surface area contributed by atoms with Gasteiger partial charge in [0.1, 0.15) is 0 Å². The highest BCUT2D eigenvalue weighted by Gasteiger charge is 2.04. The third kappa shape index (κ3) is 6.88. The van der Waals surface area contributed by atoms with Gasteiger partial charge in [-0.1, -0.05) is 49.8 Å². The molecule has 0 heterocycles. The van der Waals surface area contributed by atoms with Crippen LogP contribution in [0.15, 0.2) is 36.4 Å². The summed E-state index contributed by atoms with van der Waals surface area (Å²) in [6.45, 7) is 12.5. The zero-order chi connectivity index (χ0) is 14.8. The number of benzene rings is 1. The van der Waals surface area contributed by atoms with Crippen molar-refractivity contribution in [2.24, 2.45) is 0 Å². The predicted molar refractivity (Wildman–Crippen MR) is 87.1 cm³/mol. The maximum atomic E-state index is 5.48. The van der Waals surface area contributed by atoms with Gasteiger partial charge in [-0.3, -0.25) is 0 Å². The van der Waals surface area contributed by atoms with E-state index in [-0.39, 0.29) is 0 Å². The maximum absolute atomic E-state index is 5.48. The molecular formula is C18H29NO. The number of hydrogen-bond acceptors (Lipinski definition) is 2. The fraction of sp³-hybridized carbons (Fsp3) is 0.556. The second kappa shape index (κ2) is 9.73. The Balaban J connectivity index is 2.28. The highest BCUT2D eigenvalue weighted by atomic mass is 16.5. The van der Waals surface area contributed by atoms with Gasteiger partial charge in [0.25, 0.3) is 0 Å². The normalized spacial score (nSPS) is 12.3. The minimum Gasteiger partial charge on any atom is -0.376 e. The Morgan fingerprint density at radius 1 is 1.30 bits per heavy atom. The quantitative estimate of drug-likeness (QED) is 0.508. The van der Waals surface area contributed by atoms with Crippen molar-refractivity contribution in [2.45, 2.75) is 46.1 Å². The fourth-order valence-corrected chi connectivity index (χ4v) is 2.07. The summed E-state index contributed by atoms with van der Waals surface area (Å²) in [5.74, 6) is 0. The third-order valence-corrected chi connectivity index (χ3v) is 3.34. The van der Waals surface area contributed by atoms with Crippen molar-refractivity contribution in [2.75, 3.05) is 19.8 Å². The lowest BCUT2D eigenvalue weighted by Crippen LogP contribution is -2.23. The highest BCUT2D eigenvalue weighted by molar-refractivity contribution is 5.24. The zero-order valence-electron chi connectivity index (χ0n) is 13.2. The first-order chi connectivity index (χ1) is 9.63. The molecule has 0 fully saturated rings. The van der Waals surface area contributed by atoms with Crippen LogP contribution in [0, 0.1) is 0 Å². The number of ether oxygens (including phenoxy) is 1. The summed E-state index contributed by atoms with van der Waals surface area (Å²) < 4.78 is 5.48. The average Bonchev–Trinajstić information content (AvgIpc) is 2.44. The molecule has 20 heavy (non-hydrogen) atoms. The Kier molecular flexibility index (Phi) is 8.24. The SMILES string of the molecule is C=C(C)COCCNC(C)c1ccc(CCCC)cc1. The van der Waals surface area contributed by atoms with Crippen molar-refractivity contribution in [1.82, 2.24) is 5.32 Å². The van der Waals surface area contributed by atoms with Gasteiger partial charge in [0.05, 0.1) is 13.2 Å². The Morgan fingerprint density at radius 3 is 2.60 bits per heavy atom. The minimum atomic E-state index is 0.364. The number of aryl methyl sites for hydroxylation is 1. The van der Waals surface area contributed by atoms with Crippen LogP contribution in [0.5, 0.6) is 0 Å². The van der Waals surface area contributed by atoms with Crippen LogP contribution in [0.2, 0.25) is 0 Å². The lowest BCUT2D eigenvalue weighted by molar-refractivity contribution is 0.156. The number of nitrogens with one attached hydrogen (secondary N) is 1. The van der Waals surface area contributed by atoms with Crippen molar-refractivity contribution >= 4 is 0 Å². The van der Waals surface area contributed by atoms with Crippen LogP contribution in [0.25, 0.3) is 0 Å². The molecule has 1 aromatic carbocycles. The van der Waals surface area contributed by atoms with E-state index in [0.29, 0.717) is 12.6 Å². The van der Waals surface area contributed by atoms with E-state index in [1.807, 2.05) is 6.92 Å². The first kappa shape index (κ1) is 16.9. The minimum absolute atomic E-state index is 0.364. The molecule has 0 bridgehead atoms. The van der Waals surface area contributed by atoms with Crippen molar-refractivity contribution < 1.29 is 4.74 Å². The Bertz CT molecular complexity index is 383. The Morgan fingerprint density at radius 2 is 2.00 bits per heavy atom. The molecule has 0 aliphatic rings. The second-order valence-electron chi connectivity index (χ2n) is 5.53. The van der Waals surface area contributed by atoms with E-state index in [1.165, 1.54) is 30.4 Å². The second-order valence-corrected chi connectivity index (χ2v) is 5.53. The fourth-order valence-electron chi connectivity index (χ4n) is 2.07. The Hall–Kier alpha value is -1.12. The topological polar surface area (TPSA) is 21.3 Å². The first-order valence-corrected chi connectivity index (χ1v) is 7.67. The van der Waals surface area contributed by atoms with Gasteiger partial charge in [0.2, 0.25) is 0 Å². The van der Waals surface area contributed by atoms with E-state index in [2.05, 4.69) is 50.0 Å². The average molecular weight is 275 g/mol. The van der Waals surface area contributed by atoms with E-state index in [4.69, 9.17) is 4.74 Å². The predicted octanol–water partition coefficient (Wildman–Crippen LogP) is 4.27. The van der Waals surface area contributed by atoms with Gasteiger partial charge in [-0.05, 0) is 37.8 Å². The van der Waals surface area contributed by atoms with Gasteiger partial charge in [0.15, 0.2) is 0 Å². The summed E-state index contributed by atoms with van der Waals surface area (Å²) in [6.07, 6.45) is 3.71. The van der Waals surface area contributed by atoms with Crippen LogP contribution in [-0.4, -0.2) is 19.8 Å². The smallest absolute Gasteiger partial charge is 0.0672 e. The summed E-state index contributed by atoms with van der Waals surface area (Å²) >= 11 is 0. The summed E-state index contributed by atoms with van der Waals surface area (Å²) in [7, 11) is 0. The molecule has 2 nitrogen and oxygen atoms in total. The monoisotopic (exact) mass is 275 g/mol. The van der Waals surface area contributed by atoms with E-state index in [1.54, 1.807) is 0 Å². The molecule has 0 radical (unpaired) electrons. The molecule has 1 unspecified atom stereocenters. The molecule has 1 atom stereocenters. The third-order valence-electron chi connectivity index (χ3n) is 3.34. The van der Waals surface area contributed by atoms with Crippen molar-refractivity contribution in [3.8, 4) is 0 Å². The van der Waals surface area contributed by atoms with E-state index in [9.17, 15) is 0 Å². The molecule has 0 amide bonds. The van der Waals surface area contributed by atoms with E-state index < -0.39 is 0 Å². The van der Waals surface area contributed by atoms with Gasteiger partial charge in [-0.25, -0.2) is 0 Å². The molecule has 1 rings (SSSR count). The maximum Gasteiger partial charge on any atom is 0.0672 e. The lowest BCUT2D eigenvalue weighted by atomic mass is 10.0. The molecule has 2 heteroatoms. The zero-order valence-corrected chi connectivity index (χ0v) is 13.2. The Labute approximate surface area is 124 Å². The molecular weight excluding hydrogens is 246 g/mol. The number of hydrogen-bond donors (Lipinski definition) is 1. The summed E-state index contributed by atoms with van der Waals surface area (Å²) in [4.78, 5) is 0. The largest absolute Gasteiger partial charge is 0.376 e. The lowest BCUT2D eigenvalue weighted by Gasteiger charge is -2.15. The van der Waals surface area contributed by atoms with Crippen LogP contribution in [0.1, 0.15) is 50.8 Å². The number of rotatable bonds is 10. The van der Waals surface area contributed by atoms with Crippen LogP contribution >= 0.6 is 0 Å². The molecule has 0 aliphatic carbocycles. The van der Waals surface area contributed by atoms with Gasteiger partial charge in [0, 0.05) is 12.6 Å². The van der Waals surface area contributed by atoms with Gasteiger partial charge in [-0.2, -0.15) is 0 Å². The van der Waals surface area contributed by atoms with Gasteiger partial charge < -0.3 is 10.1 Å². The van der Waals surface area contributed by atoms with Crippen molar-refractivity contribution in [3.63, 3.8) is 0 Å². The molecule has 0 aromatic heterocycles. The summed E-state index contributed by atoms with van der Waals surface area (Å²) in [5.41, 5.74) is 3.85.